The molecule has 3 N–H and O–H groups in total. The van der Waals surface area contributed by atoms with Crippen LogP contribution in [0.15, 0.2) is 18.2 Å². The van der Waals surface area contributed by atoms with Crippen molar-refractivity contribution in [2.45, 2.75) is 50.0 Å². The molecule has 0 bridgehead atoms. The van der Waals surface area contributed by atoms with Crippen molar-refractivity contribution in [2.24, 2.45) is 5.73 Å². The van der Waals surface area contributed by atoms with E-state index >= 15 is 0 Å². The van der Waals surface area contributed by atoms with Gasteiger partial charge in [-0.2, -0.15) is 0 Å². The summed E-state index contributed by atoms with van der Waals surface area (Å²) in [6.45, 7) is 2.12. The van der Waals surface area contributed by atoms with Crippen LogP contribution in [0.4, 0.5) is 0 Å². The largest absolute Gasteiger partial charge is 0.342 e. The number of fused-ring (bicyclic) bond motifs is 1. The van der Waals surface area contributed by atoms with Crippen LogP contribution in [0.2, 0.25) is 0 Å². The van der Waals surface area contributed by atoms with Crippen molar-refractivity contribution >= 4 is 11.0 Å². The first kappa shape index (κ1) is 10.6. The fourth-order valence-corrected chi connectivity index (χ4v) is 3.03. The van der Waals surface area contributed by atoms with Crippen LogP contribution < -0.4 is 5.73 Å². The van der Waals surface area contributed by atoms with E-state index < -0.39 is 0 Å². The average Bonchev–Trinajstić information content (AvgIpc) is 3.23. The third kappa shape index (κ3) is 1.43. The minimum atomic E-state index is 0.235. The number of nitrogens with two attached hydrogens (primary N) is 1. The van der Waals surface area contributed by atoms with Gasteiger partial charge < -0.3 is 10.7 Å². The van der Waals surface area contributed by atoms with Crippen LogP contribution in [-0.2, 0) is 5.41 Å². The maximum atomic E-state index is 6.15. The molecule has 4 rings (SSSR count). The molecular weight excluding hydrogens is 222 g/mol. The second kappa shape index (κ2) is 3.35. The van der Waals surface area contributed by atoms with Crippen molar-refractivity contribution in [1.82, 2.24) is 9.97 Å². The van der Waals surface area contributed by atoms with E-state index in [1.165, 1.54) is 42.6 Å². The highest BCUT2D eigenvalue weighted by Gasteiger charge is 2.47. The molecule has 2 fully saturated rings. The lowest BCUT2D eigenvalue weighted by molar-refractivity contribution is 0.557. The molecule has 1 unspecified atom stereocenters. The van der Waals surface area contributed by atoms with E-state index in [1.54, 1.807) is 0 Å². The lowest BCUT2D eigenvalue weighted by Crippen LogP contribution is -2.31. The zero-order valence-electron chi connectivity index (χ0n) is 10.7. The number of aromatic amines is 1. The van der Waals surface area contributed by atoms with E-state index in [2.05, 4.69) is 35.1 Å². The van der Waals surface area contributed by atoms with Gasteiger partial charge in [0.2, 0.25) is 0 Å². The average molecular weight is 241 g/mol. The van der Waals surface area contributed by atoms with Gasteiger partial charge in [-0.15, -0.1) is 0 Å². The second-order valence-corrected chi connectivity index (χ2v) is 6.07. The summed E-state index contributed by atoms with van der Waals surface area (Å²) in [5.74, 6) is 1.86. The number of rotatable bonds is 3. The van der Waals surface area contributed by atoms with Crippen LogP contribution in [0.1, 0.15) is 49.9 Å². The first-order chi connectivity index (χ1) is 8.69. The Bertz CT molecular complexity index is 603. The summed E-state index contributed by atoms with van der Waals surface area (Å²) in [7, 11) is 0. The predicted octanol–water partition coefficient (Wildman–Crippen LogP) is 2.82. The third-order valence-electron chi connectivity index (χ3n) is 4.70. The monoisotopic (exact) mass is 241 g/mol. The van der Waals surface area contributed by atoms with Crippen LogP contribution in [-0.4, -0.2) is 16.0 Å². The third-order valence-corrected chi connectivity index (χ3v) is 4.70. The van der Waals surface area contributed by atoms with E-state index in [0.717, 1.165) is 5.52 Å². The number of aromatic nitrogens is 2. The van der Waals surface area contributed by atoms with E-state index in [-0.39, 0.29) is 11.5 Å². The maximum absolute atomic E-state index is 6.15. The Labute approximate surface area is 107 Å². The van der Waals surface area contributed by atoms with Crippen LogP contribution in [0.25, 0.3) is 11.0 Å². The van der Waals surface area contributed by atoms with Gasteiger partial charge in [0.25, 0.3) is 0 Å². The van der Waals surface area contributed by atoms with Crippen LogP contribution in [0.3, 0.4) is 0 Å². The van der Waals surface area contributed by atoms with Crippen molar-refractivity contribution in [2.75, 3.05) is 0 Å². The molecule has 3 nitrogen and oxygen atoms in total. The normalized spacial score (nSPS) is 23.2. The van der Waals surface area contributed by atoms with Gasteiger partial charge in [-0.25, -0.2) is 4.98 Å². The minimum absolute atomic E-state index is 0.235. The summed E-state index contributed by atoms with van der Waals surface area (Å²) >= 11 is 0. The van der Waals surface area contributed by atoms with Crippen molar-refractivity contribution in [3.05, 3.63) is 29.6 Å². The predicted molar refractivity (Wildman–Crippen MR) is 72.6 cm³/mol. The van der Waals surface area contributed by atoms with Gasteiger partial charge in [0.05, 0.1) is 11.0 Å². The summed E-state index contributed by atoms with van der Waals surface area (Å²) in [5.41, 5.74) is 10.0. The highest BCUT2D eigenvalue weighted by atomic mass is 14.9. The van der Waals surface area contributed by atoms with Crippen molar-refractivity contribution in [3.8, 4) is 0 Å². The Morgan fingerprint density at radius 3 is 2.78 bits per heavy atom. The van der Waals surface area contributed by atoms with Gasteiger partial charge in [-0.1, -0.05) is 6.07 Å². The molecule has 1 aromatic heterocycles. The van der Waals surface area contributed by atoms with Gasteiger partial charge in [-0.05, 0) is 50.3 Å². The number of benzene rings is 1. The summed E-state index contributed by atoms with van der Waals surface area (Å²) in [5, 5.41) is 0. The Kier molecular flexibility index (Phi) is 1.97. The van der Waals surface area contributed by atoms with E-state index in [1.807, 2.05) is 0 Å². The molecule has 1 aromatic carbocycles. The number of hydrogen-bond acceptors (Lipinski definition) is 2. The number of nitrogens with one attached hydrogen (secondary N) is 1. The van der Waals surface area contributed by atoms with Crippen LogP contribution in [0.5, 0.6) is 0 Å². The molecule has 2 saturated carbocycles. The minimum Gasteiger partial charge on any atom is -0.342 e. The molecule has 2 aliphatic rings. The lowest BCUT2D eigenvalue weighted by Gasteiger charge is -2.19. The summed E-state index contributed by atoms with van der Waals surface area (Å²) in [6.07, 6.45) is 5.02. The standard InChI is InChI=1S/C15H19N3/c1-9(16)15(6-7-15)11-4-5-12-13(8-11)18-14(17-12)10-2-3-10/h4-5,8-10H,2-3,6-7,16H2,1H3,(H,17,18). The molecule has 18 heavy (non-hydrogen) atoms. The number of nitrogens with zero attached hydrogens (tertiary/aromatic N) is 1. The highest BCUT2D eigenvalue weighted by molar-refractivity contribution is 5.76. The van der Waals surface area contributed by atoms with Gasteiger partial charge >= 0.3 is 0 Å². The molecule has 1 heterocycles. The molecule has 0 spiro atoms. The van der Waals surface area contributed by atoms with E-state index in [4.69, 9.17) is 5.73 Å². The fraction of sp³-hybridized carbons (Fsp3) is 0.533. The van der Waals surface area contributed by atoms with Gasteiger partial charge in [0.15, 0.2) is 0 Å². The summed E-state index contributed by atoms with van der Waals surface area (Å²) in [4.78, 5) is 8.16. The highest BCUT2D eigenvalue weighted by Crippen LogP contribution is 2.50. The first-order valence-electron chi connectivity index (χ1n) is 6.95. The maximum Gasteiger partial charge on any atom is 0.110 e. The molecule has 3 heteroatoms. The Balaban J connectivity index is 1.79. The number of hydrogen-bond donors (Lipinski definition) is 2. The second-order valence-electron chi connectivity index (χ2n) is 6.07. The van der Waals surface area contributed by atoms with E-state index in [9.17, 15) is 0 Å². The molecule has 94 valence electrons. The zero-order valence-corrected chi connectivity index (χ0v) is 10.7. The number of imidazole rings is 1. The smallest absolute Gasteiger partial charge is 0.110 e. The van der Waals surface area contributed by atoms with Gasteiger partial charge in [-0.3, -0.25) is 0 Å². The molecule has 0 saturated heterocycles. The number of H-pyrrole nitrogens is 1. The van der Waals surface area contributed by atoms with Crippen LogP contribution >= 0.6 is 0 Å². The Hall–Kier alpha value is -1.35. The first-order valence-corrected chi connectivity index (χ1v) is 6.95. The van der Waals surface area contributed by atoms with Crippen LogP contribution in [0, 0.1) is 0 Å². The Morgan fingerprint density at radius 2 is 2.17 bits per heavy atom. The summed E-state index contributed by atoms with van der Waals surface area (Å²) in [6, 6.07) is 6.87. The molecule has 2 aliphatic carbocycles. The Morgan fingerprint density at radius 1 is 1.39 bits per heavy atom. The van der Waals surface area contributed by atoms with Gasteiger partial charge in [0, 0.05) is 17.4 Å². The fourth-order valence-electron chi connectivity index (χ4n) is 3.03. The summed E-state index contributed by atoms with van der Waals surface area (Å²) < 4.78 is 0. The van der Waals surface area contributed by atoms with Crippen molar-refractivity contribution in [1.29, 1.82) is 0 Å². The molecule has 0 amide bonds. The molecule has 1 atom stereocenters. The topological polar surface area (TPSA) is 54.7 Å². The van der Waals surface area contributed by atoms with Crippen molar-refractivity contribution < 1.29 is 0 Å². The molecule has 2 aromatic rings. The quantitative estimate of drug-likeness (QED) is 0.868. The van der Waals surface area contributed by atoms with E-state index in [0.29, 0.717) is 5.92 Å². The lowest BCUT2D eigenvalue weighted by atomic mass is 9.89. The zero-order chi connectivity index (χ0) is 12.3. The molecular formula is C15H19N3. The van der Waals surface area contributed by atoms with Gasteiger partial charge in [0.1, 0.15) is 5.82 Å². The molecule has 0 radical (unpaired) electrons. The SMILES string of the molecule is CC(N)C1(c2ccc3nc(C4CC4)[nH]c3c2)CC1. The molecule has 0 aliphatic heterocycles. The van der Waals surface area contributed by atoms with Crippen molar-refractivity contribution in [3.63, 3.8) is 0 Å².